The Morgan fingerprint density at radius 1 is 1.35 bits per heavy atom. The third kappa shape index (κ3) is 5.77. The molecule has 5 nitrogen and oxygen atoms in total. The average molecular weight is 282 g/mol. The van der Waals surface area contributed by atoms with Gasteiger partial charge in [0.1, 0.15) is 11.5 Å². The van der Waals surface area contributed by atoms with E-state index in [2.05, 4.69) is 5.32 Å². The van der Waals surface area contributed by atoms with Crippen molar-refractivity contribution in [1.29, 1.82) is 0 Å². The summed E-state index contributed by atoms with van der Waals surface area (Å²) in [6.07, 6.45) is 0. The largest absolute Gasteiger partial charge is 0.508 e. The molecule has 0 aliphatic carbocycles. The zero-order valence-corrected chi connectivity index (χ0v) is 12.8. The number of likely N-dealkylation sites (N-methyl/N-ethyl adjacent to an activating group) is 1. The Hall–Kier alpha value is -1.30. The van der Waals surface area contributed by atoms with Crippen molar-refractivity contribution in [3.05, 3.63) is 23.8 Å². The van der Waals surface area contributed by atoms with Gasteiger partial charge in [-0.2, -0.15) is 0 Å². The van der Waals surface area contributed by atoms with Crippen molar-refractivity contribution in [3.63, 3.8) is 0 Å². The highest BCUT2D eigenvalue weighted by atomic mass is 16.5. The Morgan fingerprint density at radius 2 is 2.05 bits per heavy atom. The maximum Gasteiger partial charge on any atom is 0.120 e. The van der Waals surface area contributed by atoms with Gasteiger partial charge in [-0.1, -0.05) is 0 Å². The first-order valence-electron chi connectivity index (χ1n) is 6.86. The molecular formula is C15H26N2O3. The molecule has 20 heavy (non-hydrogen) atoms. The molecule has 0 aliphatic rings. The van der Waals surface area contributed by atoms with Gasteiger partial charge in [0.05, 0.1) is 12.2 Å². The molecule has 1 rings (SSSR count). The van der Waals surface area contributed by atoms with E-state index in [0.29, 0.717) is 26.2 Å². The number of aliphatic hydroxyl groups is 1. The van der Waals surface area contributed by atoms with E-state index in [-0.39, 0.29) is 5.75 Å². The first-order chi connectivity index (χ1) is 9.34. The summed E-state index contributed by atoms with van der Waals surface area (Å²) >= 11 is 0. The highest BCUT2D eigenvalue weighted by molar-refractivity contribution is 5.39. The number of phenolic OH excluding ortho intramolecular Hbond substituents is 1. The Kier molecular flexibility index (Phi) is 6.26. The lowest BCUT2D eigenvalue weighted by Gasteiger charge is -2.27. The van der Waals surface area contributed by atoms with Crippen molar-refractivity contribution in [1.82, 2.24) is 10.2 Å². The number of rotatable bonds is 8. The first-order valence-corrected chi connectivity index (χ1v) is 6.86. The van der Waals surface area contributed by atoms with Crippen molar-refractivity contribution in [2.75, 3.05) is 33.8 Å². The quantitative estimate of drug-likeness (QED) is 0.668. The maximum absolute atomic E-state index is 10.2. The van der Waals surface area contributed by atoms with Crippen LogP contribution < -0.4 is 10.1 Å². The molecule has 114 valence electrons. The highest BCUT2D eigenvalue weighted by Crippen LogP contribution is 2.23. The molecule has 1 aromatic carbocycles. The summed E-state index contributed by atoms with van der Waals surface area (Å²) < 4.78 is 5.41. The number of nitrogens with one attached hydrogen (secondary N) is 1. The zero-order valence-electron chi connectivity index (χ0n) is 12.8. The van der Waals surface area contributed by atoms with E-state index < -0.39 is 5.60 Å². The third-order valence-electron chi connectivity index (χ3n) is 2.84. The molecule has 1 aromatic rings. The Labute approximate surface area is 121 Å². The molecule has 0 heterocycles. The van der Waals surface area contributed by atoms with Gasteiger partial charge < -0.3 is 25.2 Å². The summed E-state index contributed by atoms with van der Waals surface area (Å²) in [7, 11) is 3.84. The number of benzene rings is 1. The molecule has 0 saturated heterocycles. The van der Waals surface area contributed by atoms with Crippen LogP contribution >= 0.6 is 0 Å². The van der Waals surface area contributed by atoms with Gasteiger partial charge >= 0.3 is 0 Å². The number of aromatic hydroxyl groups is 1. The van der Waals surface area contributed by atoms with Crippen LogP contribution in [0, 0.1) is 0 Å². The molecule has 0 bridgehead atoms. The van der Waals surface area contributed by atoms with Gasteiger partial charge in [0.15, 0.2) is 0 Å². The van der Waals surface area contributed by atoms with Crippen molar-refractivity contribution in [2.24, 2.45) is 0 Å². The second kappa shape index (κ2) is 7.47. The van der Waals surface area contributed by atoms with Gasteiger partial charge in [-0.25, -0.2) is 0 Å². The van der Waals surface area contributed by atoms with E-state index in [4.69, 9.17) is 4.74 Å². The molecule has 0 spiro atoms. The van der Waals surface area contributed by atoms with Crippen LogP contribution in [-0.2, 0) is 6.54 Å². The molecule has 1 atom stereocenters. The highest BCUT2D eigenvalue weighted by Gasteiger charge is 2.20. The molecule has 3 N–H and O–H groups in total. The van der Waals surface area contributed by atoms with Crippen LogP contribution in [0.25, 0.3) is 0 Å². The van der Waals surface area contributed by atoms with Crippen molar-refractivity contribution in [2.45, 2.75) is 26.0 Å². The summed E-state index contributed by atoms with van der Waals surface area (Å²) in [5.41, 5.74) is -0.0481. The molecule has 0 aliphatic heterocycles. The standard InChI is InChI=1S/C15H26N2O3/c1-5-20-13-6-7-14(18)12(8-13)9-16-10-15(2,19)11-17(3)4/h6-8,16,18-19H,5,9-11H2,1-4H3. The SMILES string of the molecule is CCOc1ccc(O)c(CNCC(C)(O)CN(C)C)c1. The lowest BCUT2D eigenvalue weighted by Crippen LogP contribution is -2.45. The van der Waals surface area contributed by atoms with E-state index in [0.717, 1.165) is 11.3 Å². The summed E-state index contributed by atoms with van der Waals surface area (Å²) in [6.45, 7) is 5.81. The monoisotopic (exact) mass is 282 g/mol. The number of hydrogen-bond donors (Lipinski definition) is 3. The second-order valence-electron chi connectivity index (χ2n) is 5.56. The van der Waals surface area contributed by atoms with E-state index in [1.165, 1.54) is 0 Å². The van der Waals surface area contributed by atoms with Crippen molar-refractivity contribution in [3.8, 4) is 11.5 Å². The van der Waals surface area contributed by atoms with Crippen LogP contribution in [0.3, 0.4) is 0 Å². The minimum absolute atomic E-state index is 0.230. The summed E-state index contributed by atoms with van der Waals surface area (Å²) in [4.78, 5) is 1.94. The normalized spacial score (nSPS) is 14.3. The van der Waals surface area contributed by atoms with Gasteiger partial charge in [0.25, 0.3) is 0 Å². The van der Waals surface area contributed by atoms with E-state index in [1.807, 2.05) is 32.0 Å². The van der Waals surface area contributed by atoms with E-state index in [9.17, 15) is 10.2 Å². The molecule has 0 fully saturated rings. The third-order valence-corrected chi connectivity index (χ3v) is 2.84. The van der Waals surface area contributed by atoms with Gasteiger partial charge in [-0.3, -0.25) is 0 Å². The van der Waals surface area contributed by atoms with Crippen LogP contribution in [0.4, 0.5) is 0 Å². The predicted molar refractivity (Wildman–Crippen MR) is 80.2 cm³/mol. The van der Waals surface area contributed by atoms with Crippen LogP contribution in [0.5, 0.6) is 11.5 Å². The number of nitrogens with zero attached hydrogens (tertiary/aromatic N) is 1. The van der Waals surface area contributed by atoms with Crippen LogP contribution in [0.15, 0.2) is 18.2 Å². The van der Waals surface area contributed by atoms with Crippen LogP contribution in [0.2, 0.25) is 0 Å². The number of hydrogen-bond acceptors (Lipinski definition) is 5. The minimum atomic E-state index is -0.809. The summed E-state index contributed by atoms with van der Waals surface area (Å²) in [6, 6.07) is 5.18. The van der Waals surface area contributed by atoms with Crippen LogP contribution in [0.1, 0.15) is 19.4 Å². The second-order valence-corrected chi connectivity index (χ2v) is 5.56. The molecule has 0 amide bonds. The van der Waals surface area contributed by atoms with Gasteiger partial charge in [0, 0.05) is 25.2 Å². The topological polar surface area (TPSA) is 65.0 Å². The van der Waals surface area contributed by atoms with Crippen molar-refractivity contribution >= 4 is 0 Å². The average Bonchev–Trinajstić information content (AvgIpc) is 2.31. The predicted octanol–water partition coefficient (Wildman–Crippen LogP) is 1.19. The Balaban J connectivity index is 2.55. The van der Waals surface area contributed by atoms with Crippen LogP contribution in [-0.4, -0.2) is 54.5 Å². The number of phenols is 1. The first kappa shape index (κ1) is 16.8. The molecule has 0 radical (unpaired) electrons. The summed E-state index contributed by atoms with van der Waals surface area (Å²) in [5, 5.41) is 23.2. The van der Waals surface area contributed by atoms with Gasteiger partial charge in [0.2, 0.25) is 0 Å². The molecule has 0 saturated carbocycles. The Bertz CT molecular complexity index is 420. The maximum atomic E-state index is 10.2. The van der Waals surface area contributed by atoms with E-state index in [1.54, 1.807) is 19.1 Å². The zero-order chi connectivity index (χ0) is 15.2. The minimum Gasteiger partial charge on any atom is -0.508 e. The van der Waals surface area contributed by atoms with Gasteiger partial charge in [-0.15, -0.1) is 0 Å². The van der Waals surface area contributed by atoms with Crippen molar-refractivity contribution < 1.29 is 14.9 Å². The van der Waals surface area contributed by atoms with E-state index >= 15 is 0 Å². The molecule has 1 unspecified atom stereocenters. The molecular weight excluding hydrogens is 256 g/mol. The molecule has 5 heteroatoms. The summed E-state index contributed by atoms with van der Waals surface area (Å²) in [5.74, 6) is 0.968. The number of ether oxygens (including phenoxy) is 1. The fourth-order valence-electron chi connectivity index (χ4n) is 2.16. The fourth-order valence-corrected chi connectivity index (χ4v) is 2.16. The lowest BCUT2D eigenvalue weighted by molar-refractivity contribution is 0.0335. The Morgan fingerprint density at radius 3 is 2.65 bits per heavy atom. The lowest BCUT2D eigenvalue weighted by atomic mass is 10.1. The van der Waals surface area contributed by atoms with Gasteiger partial charge in [-0.05, 0) is 46.1 Å². The molecule has 0 aromatic heterocycles. The smallest absolute Gasteiger partial charge is 0.120 e. The fraction of sp³-hybridized carbons (Fsp3) is 0.600.